The molecule has 2 rings (SSSR count). The Kier molecular flexibility index (Phi) is 10.2. The smallest absolute Gasteiger partial charge is 0.241 e. The van der Waals surface area contributed by atoms with E-state index in [2.05, 4.69) is 15.6 Å². The molecule has 0 saturated heterocycles. The summed E-state index contributed by atoms with van der Waals surface area (Å²) in [5.74, 6) is -0.0564. The maximum absolute atomic E-state index is 13.0. The van der Waals surface area contributed by atoms with Crippen molar-refractivity contribution in [1.29, 1.82) is 0 Å². The van der Waals surface area contributed by atoms with Gasteiger partial charge in [0.2, 0.25) is 15.9 Å². The van der Waals surface area contributed by atoms with E-state index in [4.69, 9.17) is 5.14 Å². The lowest BCUT2D eigenvalue weighted by Crippen LogP contribution is -2.42. The van der Waals surface area contributed by atoms with Crippen LogP contribution in [0.15, 0.2) is 58.4 Å². The summed E-state index contributed by atoms with van der Waals surface area (Å²) in [6, 6.07) is 12.1. The van der Waals surface area contributed by atoms with E-state index in [0.29, 0.717) is 12.5 Å². The number of aliphatic imine (C=N–C) groups is 1. The minimum absolute atomic E-state index is 0. The third-order valence-corrected chi connectivity index (χ3v) is 4.88. The van der Waals surface area contributed by atoms with Gasteiger partial charge in [0.25, 0.3) is 0 Å². The van der Waals surface area contributed by atoms with Crippen LogP contribution >= 0.6 is 24.0 Å². The molecule has 0 radical (unpaired) electrons. The molecule has 0 aliphatic heterocycles. The monoisotopic (exact) mass is 549 g/mol. The highest BCUT2D eigenvalue weighted by molar-refractivity contribution is 14.0. The molecule has 2 aromatic carbocycles. The first kappa shape index (κ1) is 25.8. The molecule has 0 atom stereocenters. The quantitative estimate of drug-likeness (QED) is 0.275. The third kappa shape index (κ3) is 8.63. The van der Waals surface area contributed by atoms with Crippen LogP contribution in [-0.2, 0) is 27.9 Å². The second kappa shape index (κ2) is 11.8. The summed E-state index contributed by atoms with van der Waals surface area (Å²) in [5.41, 5.74) is 1.61. The van der Waals surface area contributed by atoms with Crippen molar-refractivity contribution in [2.45, 2.75) is 18.0 Å². The second-order valence-corrected chi connectivity index (χ2v) is 8.04. The van der Waals surface area contributed by atoms with Crippen molar-refractivity contribution >= 4 is 45.9 Å². The van der Waals surface area contributed by atoms with E-state index in [1.165, 1.54) is 29.2 Å². The summed E-state index contributed by atoms with van der Waals surface area (Å²) in [4.78, 5) is 17.7. The maximum atomic E-state index is 13.0. The summed E-state index contributed by atoms with van der Waals surface area (Å²) >= 11 is 0. The first-order valence-corrected chi connectivity index (χ1v) is 10.3. The minimum atomic E-state index is -3.75. The molecule has 2 aromatic rings. The number of benzene rings is 2. The Morgan fingerprint density at radius 2 is 1.60 bits per heavy atom. The zero-order valence-corrected chi connectivity index (χ0v) is 19.8. The summed E-state index contributed by atoms with van der Waals surface area (Å²) in [6.07, 6.45) is 0. The lowest BCUT2D eigenvalue weighted by molar-refractivity contribution is -0.127. The number of nitrogens with zero attached hydrogens (tertiary/aromatic N) is 2. The van der Waals surface area contributed by atoms with Gasteiger partial charge in [0.1, 0.15) is 5.82 Å². The van der Waals surface area contributed by atoms with E-state index in [9.17, 15) is 17.6 Å². The average molecular weight is 549 g/mol. The summed E-state index contributed by atoms with van der Waals surface area (Å²) in [5, 5.41) is 11.1. The molecule has 0 heterocycles. The summed E-state index contributed by atoms with van der Waals surface area (Å²) in [7, 11) is -0.444. The molecule has 1 amide bonds. The lowest BCUT2D eigenvalue weighted by Gasteiger charge is -2.15. The van der Waals surface area contributed by atoms with Gasteiger partial charge in [0.15, 0.2) is 5.96 Å². The fourth-order valence-electron chi connectivity index (χ4n) is 2.23. The van der Waals surface area contributed by atoms with Crippen LogP contribution in [0.2, 0.25) is 0 Å². The number of primary sulfonamides is 1. The lowest BCUT2D eigenvalue weighted by atomic mass is 10.2. The highest BCUT2D eigenvalue weighted by Crippen LogP contribution is 2.09. The number of nitrogens with one attached hydrogen (secondary N) is 2. The van der Waals surface area contributed by atoms with E-state index < -0.39 is 10.0 Å². The number of guanidine groups is 1. The highest BCUT2D eigenvalue weighted by atomic mass is 127. The van der Waals surface area contributed by atoms with E-state index in [1.54, 1.807) is 38.4 Å². The van der Waals surface area contributed by atoms with Crippen LogP contribution in [0.3, 0.4) is 0 Å². The Bertz CT molecular complexity index is 965. The zero-order valence-electron chi connectivity index (χ0n) is 16.6. The second-order valence-electron chi connectivity index (χ2n) is 6.48. The van der Waals surface area contributed by atoms with Gasteiger partial charge < -0.3 is 15.5 Å². The molecule has 0 unspecified atom stereocenters. The van der Waals surface area contributed by atoms with Crippen molar-refractivity contribution in [1.82, 2.24) is 15.5 Å². The molecular weight excluding hydrogens is 524 g/mol. The van der Waals surface area contributed by atoms with Crippen LogP contribution in [0, 0.1) is 5.82 Å². The topological polar surface area (TPSA) is 117 Å². The van der Waals surface area contributed by atoms with Gasteiger partial charge in [-0.15, -0.1) is 24.0 Å². The Morgan fingerprint density at radius 1 is 1.03 bits per heavy atom. The largest absolute Gasteiger partial charge is 0.352 e. The van der Waals surface area contributed by atoms with Gasteiger partial charge in [-0.05, 0) is 35.4 Å². The van der Waals surface area contributed by atoms with Crippen molar-refractivity contribution in [2.75, 3.05) is 20.6 Å². The Balaban J connectivity index is 0.00000450. The molecule has 30 heavy (non-hydrogen) atoms. The molecule has 0 spiro atoms. The van der Waals surface area contributed by atoms with Gasteiger partial charge in [-0.2, -0.15) is 0 Å². The molecule has 0 aromatic heterocycles. The minimum Gasteiger partial charge on any atom is -0.352 e. The number of carbonyl (C=O) groups excluding carboxylic acids is 1. The van der Waals surface area contributed by atoms with Crippen LogP contribution < -0.4 is 15.8 Å². The fraction of sp³-hybridized carbons (Fsp3) is 0.263. The van der Waals surface area contributed by atoms with E-state index >= 15 is 0 Å². The maximum Gasteiger partial charge on any atom is 0.241 e. The van der Waals surface area contributed by atoms with E-state index in [-0.39, 0.29) is 53.7 Å². The number of sulfonamides is 1. The Hall–Kier alpha value is -2.25. The van der Waals surface area contributed by atoms with Gasteiger partial charge in [-0.25, -0.2) is 22.9 Å². The van der Waals surface area contributed by atoms with E-state index in [1.807, 2.05) is 0 Å². The number of likely N-dealkylation sites (N-methyl/N-ethyl adjacent to an activating group) is 1. The van der Waals surface area contributed by atoms with E-state index in [0.717, 1.165) is 11.1 Å². The molecule has 164 valence electrons. The number of halogens is 2. The van der Waals surface area contributed by atoms with Crippen molar-refractivity contribution in [3.8, 4) is 0 Å². The van der Waals surface area contributed by atoms with Gasteiger partial charge >= 0.3 is 0 Å². The molecule has 0 aliphatic carbocycles. The Morgan fingerprint density at radius 3 is 2.13 bits per heavy atom. The van der Waals surface area contributed by atoms with Crippen molar-refractivity contribution in [2.24, 2.45) is 10.1 Å². The number of amides is 1. The van der Waals surface area contributed by atoms with Crippen LogP contribution in [-0.4, -0.2) is 45.8 Å². The van der Waals surface area contributed by atoms with Crippen molar-refractivity contribution in [3.63, 3.8) is 0 Å². The molecule has 4 N–H and O–H groups in total. The summed E-state index contributed by atoms with van der Waals surface area (Å²) in [6.45, 7) is 0.680. The number of hydrogen-bond donors (Lipinski definition) is 3. The first-order chi connectivity index (χ1) is 13.6. The standard InChI is InChI=1S/C19H24FN5O3S.HI/c1-25(2)18(26)13-24-19(22-11-14-3-7-16(20)8-4-14)23-12-15-5-9-17(10-6-15)29(21,27)28;/h3-10H,11-13H2,1-2H3,(H2,21,27,28)(H2,22,23,24);1H. The van der Waals surface area contributed by atoms with Gasteiger partial charge in [0.05, 0.1) is 18.0 Å². The Labute approximate surface area is 192 Å². The number of nitrogens with two attached hydrogens (primary N) is 1. The molecule has 0 saturated carbocycles. The van der Waals surface area contributed by atoms with Crippen LogP contribution in [0.1, 0.15) is 11.1 Å². The van der Waals surface area contributed by atoms with Crippen LogP contribution in [0.5, 0.6) is 0 Å². The summed E-state index contributed by atoms with van der Waals surface area (Å²) < 4.78 is 35.7. The third-order valence-electron chi connectivity index (χ3n) is 3.95. The number of rotatable bonds is 7. The highest BCUT2D eigenvalue weighted by Gasteiger charge is 2.08. The fourth-order valence-corrected chi connectivity index (χ4v) is 2.75. The van der Waals surface area contributed by atoms with Gasteiger partial charge in [0, 0.05) is 20.6 Å². The SMILES string of the molecule is CN(C)C(=O)CNC(=NCc1ccc(S(N)(=O)=O)cc1)NCc1ccc(F)cc1.I. The first-order valence-electron chi connectivity index (χ1n) is 8.73. The molecule has 0 fully saturated rings. The number of hydrogen-bond acceptors (Lipinski definition) is 4. The molecule has 0 bridgehead atoms. The molecular formula is C19H25FIN5O3S. The molecule has 0 aliphatic rings. The molecule has 11 heteroatoms. The molecule has 8 nitrogen and oxygen atoms in total. The van der Waals surface area contributed by atoms with Crippen molar-refractivity contribution in [3.05, 3.63) is 65.5 Å². The number of carbonyl (C=O) groups is 1. The van der Waals surface area contributed by atoms with Crippen LogP contribution in [0.4, 0.5) is 4.39 Å². The predicted molar refractivity (Wildman–Crippen MR) is 124 cm³/mol. The van der Waals surface area contributed by atoms with Gasteiger partial charge in [-0.3, -0.25) is 4.79 Å². The van der Waals surface area contributed by atoms with Gasteiger partial charge in [-0.1, -0.05) is 24.3 Å². The average Bonchev–Trinajstić information content (AvgIpc) is 2.68. The predicted octanol–water partition coefficient (Wildman–Crippen LogP) is 1.41. The normalized spacial score (nSPS) is 11.4. The van der Waals surface area contributed by atoms with Crippen LogP contribution in [0.25, 0.3) is 0 Å². The van der Waals surface area contributed by atoms with Crippen molar-refractivity contribution < 1.29 is 17.6 Å². The zero-order chi connectivity index (χ0) is 21.4.